The highest BCUT2D eigenvalue weighted by Gasteiger charge is 2.64. The van der Waals surface area contributed by atoms with Gasteiger partial charge in [-0.3, -0.25) is 19.3 Å². The summed E-state index contributed by atoms with van der Waals surface area (Å²) in [6.07, 6.45) is 1.82. The maximum absolute atomic E-state index is 13.5. The summed E-state index contributed by atoms with van der Waals surface area (Å²) < 4.78 is 0. The summed E-state index contributed by atoms with van der Waals surface area (Å²) >= 11 is 0. The number of rotatable bonds is 3. The average Bonchev–Trinajstić information content (AvgIpc) is 3.37. The number of fused-ring (bicyclic) bond motifs is 3. The number of amides is 2. The lowest BCUT2D eigenvalue weighted by molar-refractivity contribution is -0.123. The summed E-state index contributed by atoms with van der Waals surface area (Å²) in [4.78, 5) is 43.8. The first-order valence-corrected chi connectivity index (χ1v) is 10.3. The molecule has 3 saturated heterocycles. The third-order valence-electron chi connectivity index (χ3n) is 6.93. The van der Waals surface area contributed by atoms with Gasteiger partial charge in [0.2, 0.25) is 11.8 Å². The number of imide groups is 1. The van der Waals surface area contributed by atoms with Gasteiger partial charge in [0.1, 0.15) is 0 Å². The van der Waals surface area contributed by atoms with Gasteiger partial charge in [-0.2, -0.15) is 0 Å². The van der Waals surface area contributed by atoms with Gasteiger partial charge in [-0.05, 0) is 56.5 Å². The van der Waals surface area contributed by atoms with Crippen LogP contribution in [0.4, 0.5) is 5.69 Å². The fourth-order valence-electron chi connectivity index (χ4n) is 5.41. The summed E-state index contributed by atoms with van der Waals surface area (Å²) in [6.45, 7) is 4.75. The van der Waals surface area contributed by atoms with Crippen molar-refractivity contribution in [2.24, 2.45) is 11.8 Å². The minimum absolute atomic E-state index is 0.0225. The molecule has 2 aromatic rings. The summed E-state index contributed by atoms with van der Waals surface area (Å²) in [5, 5.41) is 0. The lowest BCUT2D eigenvalue weighted by atomic mass is 9.85. The van der Waals surface area contributed by atoms with Crippen molar-refractivity contribution in [2.45, 2.75) is 38.8 Å². The largest absolute Gasteiger partial charge is 0.292 e. The van der Waals surface area contributed by atoms with Gasteiger partial charge in [0.15, 0.2) is 5.78 Å². The SMILES string of the molecule is Cc1ccc(N2C(=O)[C@@H]3[C@H](C2=O)[C@H]2CCCN2[C@H]3C(=O)c2ccccc2)cc1C. The van der Waals surface area contributed by atoms with E-state index in [4.69, 9.17) is 0 Å². The molecule has 0 saturated carbocycles. The molecule has 5 nitrogen and oxygen atoms in total. The molecular formula is C24H24N2O3. The molecule has 3 aliphatic heterocycles. The molecule has 5 heteroatoms. The van der Waals surface area contributed by atoms with Crippen molar-refractivity contribution in [3.8, 4) is 0 Å². The molecule has 0 spiro atoms. The number of carbonyl (C=O) groups is 3. The maximum atomic E-state index is 13.5. The molecule has 0 aliphatic carbocycles. The van der Waals surface area contributed by atoms with Crippen molar-refractivity contribution in [2.75, 3.05) is 11.4 Å². The molecule has 0 aromatic heterocycles. The lowest BCUT2D eigenvalue weighted by Gasteiger charge is -2.27. The van der Waals surface area contributed by atoms with Gasteiger partial charge in [-0.25, -0.2) is 4.90 Å². The fraction of sp³-hybridized carbons (Fsp3) is 0.375. The Balaban J connectivity index is 1.56. The van der Waals surface area contributed by atoms with Gasteiger partial charge in [0, 0.05) is 11.6 Å². The number of carbonyl (C=O) groups excluding carboxylic acids is 3. The number of hydrogen-bond acceptors (Lipinski definition) is 4. The Bertz CT molecular complexity index is 1020. The zero-order chi connectivity index (χ0) is 20.3. The van der Waals surface area contributed by atoms with E-state index in [9.17, 15) is 14.4 Å². The molecule has 5 rings (SSSR count). The van der Waals surface area contributed by atoms with Crippen LogP contribution in [-0.2, 0) is 9.59 Å². The van der Waals surface area contributed by atoms with E-state index in [-0.39, 0.29) is 23.6 Å². The van der Waals surface area contributed by atoms with Crippen LogP contribution in [0.25, 0.3) is 0 Å². The van der Waals surface area contributed by atoms with Crippen LogP contribution in [0.2, 0.25) is 0 Å². The number of aryl methyl sites for hydroxylation is 2. The predicted octanol–water partition coefficient (Wildman–Crippen LogP) is 3.14. The van der Waals surface area contributed by atoms with Gasteiger partial charge < -0.3 is 0 Å². The number of nitrogens with zero attached hydrogens (tertiary/aromatic N) is 2. The van der Waals surface area contributed by atoms with Crippen LogP contribution in [-0.4, -0.2) is 41.1 Å². The van der Waals surface area contributed by atoms with Crippen LogP contribution in [0, 0.1) is 25.7 Å². The highest BCUT2D eigenvalue weighted by Crippen LogP contribution is 2.48. The third-order valence-corrected chi connectivity index (χ3v) is 6.93. The molecule has 2 aromatic carbocycles. The van der Waals surface area contributed by atoms with Crippen molar-refractivity contribution in [3.63, 3.8) is 0 Å². The highest BCUT2D eigenvalue weighted by atomic mass is 16.2. The van der Waals surface area contributed by atoms with Crippen LogP contribution >= 0.6 is 0 Å². The Hall–Kier alpha value is -2.79. The van der Waals surface area contributed by atoms with Gasteiger partial charge in [0.25, 0.3) is 0 Å². The van der Waals surface area contributed by atoms with Crippen LogP contribution in [0.3, 0.4) is 0 Å². The Labute approximate surface area is 170 Å². The van der Waals surface area contributed by atoms with E-state index in [1.807, 2.05) is 50.2 Å². The van der Waals surface area contributed by atoms with Crippen LogP contribution < -0.4 is 4.90 Å². The van der Waals surface area contributed by atoms with E-state index in [0.717, 1.165) is 30.5 Å². The van der Waals surface area contributed by atoms with Crippen molar-refractivity contribution in [3.05, 3.63) is 65.2 Å². The molecule has 0 radical (unpaired) electrons. The predicted molar refractivity (Wildman–Crippen MR) is 110 cm³/mol. The van der Waals surface area contributed by atoms with Gasteiger partial charge >= 0.3 is 0 Å². The van der Waals surface area contributed by atoms with Crippen LogP contribution in [0.5, 0.6) is 0 Å². The molecule has 2 amide bonds. The minimum atomic E-state index is -0.595. The number of anilines is 1. The summed E-state index contributed by atoms with van der Waals surface area (Å²) in [6, 6.07) is 14.2. The third kappa shape index (κ3) is 2.60. The molecule has 3 heterocycles. The van der Waals surface area contributed by atoms with Crippen molar-refractivity contribution in [1.82, 2.24) is 4.90 Å². The minimum Gasteiger partial charge on any atom is -0.292 e. The molecular weight excluding hydrogens is 364 g/mol. The zero-order valence-corrected chi connectivity index (χ0v) is 16.7. The summed E-state index contributed by atoms with van der Waals surface area (Å²) in [7, 11) is 0. The number of ketones is 1. The molecule has 3 aliphatic rings. The summed E-state index contributed by atoms with van der Waals surface area (Å²) in [5.41, 5.74) is 3.38. The van der Waals surface area contributed by atoms with Crippen molar-refractivity contribution in [1.29, 1.82) is 0 Å². The van der Waals surface area contributed by atoms with E-state index < -0.39 is 17.9 Å². The molecule has 3 fully saturated rings. The first-order valence-electron chi connectivity index (χ1n) is 10.3. The Morgan fingerprint density at radius 3 is 2.38 bits per heavy atom. The number of Topliss-reactive ketones (excluding diaryl/α,β-unsaturated/α-hetero) is 1. The van der Waals surface area contributed by atoms with Crippen LogP contribution in [0.1, 0.15) is 34.3 Å². The maximum Gasteiger partial charge on any atom is 0.239 e. The Morgan fingerprint density at radius 2 is 1.66 bits per heavy atom. The lowest BCUT2D eigenvalue weighted by Crippen LogP contribution is -2.46. The second-order valence-electron chi connectivity index (χ2n) is 8.45. The number of hydrogen-bond donors (Lipinski definition) is 0. The zero-order valence-electron chi connectivity index (χ0n) is 16.7. The highest BCUT2D eigenvalue weighted by molar-refractivity contribution is 6.24. The quantitative estimate of drug-likeness (QED) is 0.599. The molecule has 4 atom stereocenters. The van der Waals surface area contributed by atoms with Gasteiger partial charge in [-0.15, -0.1) is 0 Å². The van der Waals surface area contributed by atoms with E-state index in [1.165, 1.54) is 4.90 Å². The standard InChI is InChI=1S/C24H24N2O3/c1-14-10-11-17(13-15(14)2)26-23(28)19-18-9-6-12-25(18)21(20(19)24(26)29)22(27)16-7-4-3-5-8-16/h3-5,7-8,10-11,13,18-21H,6,9,12H2,1-2H3/t18-,19-,20-,21-/m1/s1. The molecule has 0 N–H and O–H groups in total. The van der Waals surface area contributed by atoms with Crippen LogP contribution in [0.15, 0.2) is 48.5 Å². The Kier molecular flexibility index (Phi) is 4.17. The molecule has 0 unspecified atom stereocenters. The van der Waals surface area contributed by atoms with Gasteiger partial charge in [0.05, 0.1) is 23.6 Å². The smallest absolute Gasteiger partial charge is 0.239 e. The normalized spacial score (nSPS) is 28.7. The van der Waals surface area contributed by atoms with E-state index in [2.05, 4.69) is 4.90 Å². The monoisotopic (exact) mass is 388 g/mol. The first kappa shape index (κ1) is 18.3. The molecule has 0 bridgehead atoms. The van der Waals surface area contributed by atoms with Crippen molar-refractivity contribution < 1.29 is 14.4 Å². The second-order valence-corrected chi connectivity index (χ2v) is 8.45. The number of benzene rings is 2. The van der Waals surface area contributed by atoms with E-state index >= 15 is 0 Å². The first-order chi connectivity index (χ1) is 14.0. The molecule has 148 valence electrons. The molecule has 29 heavy (non-hydrogen) atoms. The van der Waals surface area contributed by atoms with E-state index in [0.29, 0.717) is 11.3 Å². The van der Waals surface area contributed by atoms with Gasteiger partial charge in [-0.1, -0.05) is 36.4 Å². The fourth-order valence-corrected chi connectivity index (χ4v) is 5.41. The average molecular weight is 388 g/mol. The van der Waals surface area contributed by atoms with E-state index in [1.54, 1.807) is 12.1 Å². The Morgan fingerprint density at radius 1 is 0.931 bits per heavy atom. The topological polar surface area (TPSA) is 57.7 Å². The summed E-state index contributed by atoms with van der Waals surface area (Å²) in [5.74, 6) is -1.45. The van der Waals surface area contributed by atoms with Crippen molar-refractivity contribution >= 4 is 23.3 Å². The second kappa shape index (κ2) is 6.63.